The van der Waals surface area contributed by atoms with Crippen LogP contribution in [0.5, 0.6) is 0 Å². The minimum Gasteiger partial charge on any atom is -0.383 e. The lowest BCUT2D eigenvalue weighted by Crippen LogP contribution is -2.23. The summed E-state index contributed by atoms with van der Waals surface area (Å²) in [5.74, 6) is 1.64. The van der Waals surface area contributed by atoms with Crippen molar-refractivity contribution in [2.75, 3.05) is 44.1 Å². The summed E-state index contributed by atoms with van der Waals surface area (Å²) in [6.07, 6.45) is 0. The molecule has 0 spiro atoms. The Morgan fingerprint density at radius 2 is 2.28 bits per heavy atom. The van der Waals surface area contributed by atoms with Gasteiger partial charge in [-0.25, -0.2) is 4.98 Å². The van der Waals surface area contributed by atoms with Gasteiger partial charge in [0.2, 0.25) is 5.95 Å². The Morgan fingerprint density at radius 1 is 1.44 bits per heavy atom. The van der Waals surface area contributed by atoms with Gasteiger partial charge in [-0.05, 0) is 18.4 Å². The fourth-order valence-electron chi connectivity index (χ4n) is 1.70. The smallest absolute Gasteiger partial charge is 0.226 e. The number of rotatable bonds is 6. The first-order valence-corrected chi connectivity index (χ1v) is 6.83. The Bertz CT molecular complexity index is 514. The lowest BCUT2D eigenvalue weighted by molar-refractivity contribution is 0.206. The van der Waals surface area contributed by atoms with Gasteiger partial charge in [-0.3, -0.25) is 0 Å². The highest BCUT2D eigenvalue weighted by Crippen LogP contribution is 2.28. The average molecular weight is 266 g/mol. The predicted molar refractivity (Wildman–Crippen MR) is 76.7 cm³/mol. The molecule has 18 heavy (non-hydrogen) atoms. The minimum absolute atomic E-state index is 0.683. The molecular formula is C12H18N4OS. The first-order chi connectivity index (χ1) is 8.76. The number of ether oxygens (including phenoxy) is 1. The summed E-state index contributed by atoms with van der Waals surface area (Å²) < 4.78 is 5.11. The molecule has 1 N–H and O–H groups in total. The van der Waals surface area contributed by atoms with Crippen molar-refractivity contribution in [1.82, 2.24) is 9.97 Å². The van der Waals surface area contributed by atoms with Crippen molar-refractivity contribution in [2.45, 2.75) is 6.92 Å². The number of aromatic nitrogens is 2. The number of nitrogens with zero attached hydrogens (tertiary/aromatic N) is 3. The number of likely N-dealkylation sites (N-methyl/N-ethyl adjacent to an activating group) is 1. The van der Waals surface area contributed by atoms with Gasteiger partial charge >= 0.3 is 0 Å². The van der Waals surface area contributed by atoms with Crippen LogP contribution in [0.4, 0.5) is 11.8 Å². The van der Waals surface area contributed by atoms with E-state index in [2.05, 4.69) is 26.3 Å². The summed E-state index contributed by atoms with van der Waals surface area (Å²) in [4.78, 5) is 12.2. The quantitative estimate of drug-likeness (QED) is 0.868. The van der Waals surface area contributed by atoms with Crippen LogP contribution in [-0.4, -0.2) is 43.8 Å². The Labute approximate surface area is 111 Å². The van der Waals surface area contributed by atoms with E-state index < -0.39 is 0 Å². The second kappa shape index (κ2) is 5.97. The zero-order valence-electron chi connectivity index (χ0n) is 10.9. The van der Waals surface area contributed by atoms with Crippen LogP contribution in [0, 0.1) is 0 Å². The van der Waals surface area contributed by atoms with Crippen molar-refractivity contribution in [3.8, 4) is 0 Å². The molecule has 5 nitrogen and oxygen atoms in total. The minimum atomic E-state index is 0.683. The molecule has 0 aromatic carbocycles. The van der Waals surface area contributed by atoms with E-state index in [0.717, 1.165) is 29.1 Å². The summed E-state index contributed by atoms with van der Waals surface area (Å²) in [7, 11) is 3.73. The van der Waals surface area contributed by atoms with Crippen molar-refractivity contribution in [2.24, 2.45) is 0 Å². The monoisotopic (exact) mass is 266 g/mol. The van der Waals surface area contributed by atoms with E-state index in [1.807, 2.05) is 19.4 Å². The predicted octanol–water partition coefficient (Wildman–Crippen LogP) is 2.21. The third-order valence-corrected chi connectivity index (χ3v) is 3.44. The second-order valence-corrected chi connectivity index (χ2v) is 4.85. The van der Waals surface area contributed by atoms with Gasteiger partial charge in [0.05, 0.1) is 12.0 Å². The molecule has 98 valence electrons. The fraction of sp³-hybridized carbons (Fsp3) is 0.500. The van der Waals surface area contributed by atoms with E-state index in [1.54, 1.807) is 18.4 Å². The van der Waals surface area contributed by atoms with Gasteiger partial charge < -0.3 is 15.0 Å². The van der Waals surface area contributed by atoms with E-state index in [1.165, 1.54) is 0 Å². The SMILES string of the molecule is CCNc1nc(N(C)CCOC)c2ccsc2n1. The van der Waals surface area contributed by atoms with Crippen molar-refractivity contribution in [3.63, 3.8) is 0 Å². The topological polar surface area (TPSA) is 50.3 Å². The number of fused-ring (bicyclic) bond motifs is 1. The molecule has 0 saturated heterocycles. The van der Waals surface area contributed by atoms with Crippen molar-refractivity contribution >= 4 is 33.3 Å². The van der Waals surface area contributed by atoms with Crippen LogP contribution < -0.4 is 10.2 Å². The maximum atomic E-state index is 5.11. The highest BCUT2D eigenvalue weighted by atomic mass is 32.1. The van der Waals surface area contributed by atoms with Crippen LogP contribution in [0.3, 0.4) is 0 Å². The average Bonchev–Trinajstić information content (AvgIpc) is 2.83. The zero-order chi connectivity index (χ0) is 13.0. The lowest BCUT2D eigenvalue weighted by atomic mass is 10.3. The number of hydrogen-bond donors (Lipinski definition) is 1. The number of methoxy groups -OCH3 is 1. The molecule has 0 amide bonds. The van der Waals surface area contributed by atoms with Gasteiger partial charge in [-0.2, -0.15) is 4.98 Å². The molecule has 0 fully saturated rings. The molecule has 2 heterocycles. The van der Waals surface area contributed by atoms with Gasteiger partial charge in [0.1, 0.15) is 10.6 Å². The van der Waals surface area contributed by atoms with Gasteiger partial charge in [0, 0.05) is 27.2 Å². The van der Waals surface area contributed by atoms with Crippen LogP contribution in [-0.2, 0) is 4.74 Å². The summed E-state index contributed by atoms with van der Waals surface area (Å²) in [5, 5.41) is 6.31. The van der Waals surface area contributed by atoms with Crippen LogP contribution in [0.15, 0.2) is 11.4 Å². The first kappa shape index (κ1) is 13.0. The molecule has 2 rings (SSSR count). The molecule has 0 aliphatic rings. The first-order valence-electron chi connectivity index (χ1n) is 5.95. The van der Waals surface area contributed by atoms with E-state index in [9.17, 15) is 0 Å². The molecule has 0 radical (unpaired) electrons. The third-order valence-electron chi connectivity index (χ3n) is 2.63. The van der Waals surface area contributed by atoms with Crippen LogP contribution in [0.25, 0.3) is 10.2 Å². The highest BCUT2D eigenvalue weighted by Gasteiger charge is 2.12. The van der Waals surface area contributed by atoms with Crippen LogP contribution in [0.1, 0.15) is 6.92 Å². The molecule has 0 aliphatic heterocycles. The number of hydrogen-bond acceptors (Lipinski definition) is 6. The summed E-state index contributed by atoms with van der Waals surface area (Å²) in [6, 6.07) is 2.06. The Balaban J connectivity index is 2.36. The standard InChI is InChI=1S/C12H18N4OS/c1-4-13-12-14-10(16(2)6-7-17-3)9-5-8-18-11(9)15-12/h5,8H,4,6-7H2,1-3H3,(H,13,14,15). The van der Waals surface area contributed by atoms with E-state index in [4.69, 9.17) is 4.74 Å². The third kappa shape index (κ3) is 2.70. The second-order valence-electron chi connectivity index (χ2n) is 3.95. The van der Waals surface area contributed by atoms with E-state index >= 15 is 0 Å². The molecule has 0 aliphatic carbocycles. The van der Waals surface area contributed by atoms with Crippen LogP contribution in [0.2, 0.25) is 0 Å². The molecule has 2 aromatic rings. The highest BCUT2D eigenvalue weighted by molar-refractivity contribution is 7.16. The van der Waals surface area contributed by atoms with Gasteiger partial charge in [0.25, 0.3) is 0 Å². The summed E-state index contributed by atoms with van der Waals surface area (Å²) >= 11 is 1.63. The van der Waals surface area contributed by atoms with Crippen molar-refractivity contribution in [3.05, 3.63) is 11.4 Å². The molecule has 2 aromatic heterocycles. The zero-order valence-corrected chi connectivity index (χ0v) is 11.8. The summed E-state index contributed by atoms with van der Waals surface area (Å²) in [6.45, 7) is 4.35. The fourth-order valence-corrected chi connectivity index (χ4v) is 2.46. The maximum absolute atomic E-state index is 5.11. The summed E-state index contributed by atoms with van der Waals surface area (Å²) in [5.41, 5.74) is 0. The number of nitrogens with one attached hydrogen (secondary N) is 1. The Kier molecular flexibility index (Phi) is 4.33. The van der Waals surface area contributed by atoms with Crippen molar-refractivity contribution in [1.29, 1.82) is 0 Å². The normalized spacial score (nSPS) is 10.8. The molecule has 0 saturated carbocycles. The lowest BCUT2D eigenvalue weighted by Gasteiger charge is -2.19. The Morgan fingerprint density at radius 3 is 3.00 bits per heavy atom. The molecular weight excluding hydrogens is 248 g/mol. The Hall–Kier alpha value is -1.40. The van der Waals surface area contributed by atoms with Gasteiger partial charge in [-0.15, -0.1) is 11.3 Å². The molecule has 0 atom stereocenters. The number of thiophene rings is 1. The van der Waals surface area contributed by atoms with Crippen molar-refractivity contribution < 1.29 is 4.74 Å². The largest absolute Gasteiger partial charge is 0.383 e. The maximum Gasteiger partial charge on any atom is 0.226 e. The molecule has 0 bridgehead atoms. The molecule has 6 heteroatoms. The van der Waals surface area contributed by atoms with E-state index in [0.29, 0.717) is 12.6 Å². The van der Waals surface area contributed by atoms with Gasteiger partial charge in [-0.1, -0.05) is 0 Å². The molecule has 0 unspecified atom stereocenters. The van der Waals surface area contributed by atoms with Crippen LogP contribution >= 0.6 is 11.3 Å². The number of anilines is 2. The van der Waals surface area contributed by atoms with E-state index in [-0.39, 0.29) is 0 Å². The van der Waals surface area contributed by atoms with Gasteiger partial charge in [0.15, 0.2) is 0 Å².